The van der Waals surface area contributed by atoms with Crippen molar-refractivity contribution in [2.45, 2.75) is 30.6 Å². The molecule has 2 rings (SSSR count). The van der Waals surface area contributed by atoms with Crippen molar-refractivity contribution in [2.24, 2.45) is 0 Å². The van der Waals surface area contributed by atoms with Crippen LogP contribution in [0.1, 0.15) is 36.0 Å². The molecule has 0 unspecified atom stereocenters. The SMILES string of the molecule is O=C(O)c1cc(SCC(=O)N2CCCCCC2)ccc1F. The minimum atomic E-state index is -1.30. The second-order valence-corrected chi connectivity index (χ2v) is 6.08. The highest BCUT2D eigenvalue weighted by atomic mass is 32.2. The lowest BCUT2D eigenvalue weighted by Gasteiger charge is -2.20. The summed E-state index contributed by atoms with van der Waals surface area (Å²) in [5, 5.41) is 8.88. The number of carbonyl (C=O) groups excluding carboxylic acids is 1. The maximum absolute atomic E-state index is 13.3. The molecule has 6 heteroatoms. The summed E-state index contributed by atoms with van der Waals surface area (Å²) in [4.78, 5) is 25.5. The van der Waals surface area contributed by atoms with Gasteiger partial charge in [0, 0.05) is 18.0 Å². The van der Waals surface area contributed by atoms with E-state index in [0.717, 1.165) is 44.8 Å². The van der Waals surface area contributed by atoms with Crippen molar-refractivity contribution in [3.63, 3.8) is 0 Å². The number of halogens is 1. The summed E-state index contributed by atoms with van der Waals surface area (Å²) in [5.74, 6) is -1.74. The molecule has 21 heavy (non-hydrogen) atoms. The highest BCUT2D eigenvalue weighted by Gasteiger charge is 2.16. The molecule has 1 aliphatic heterocycles. The molecule has 1 amide bonds. The van der Waals surface area contributed by atoms with Crippen LogP contribution in [0.2, 0.25) is 0 Å². The fourth-order valence-corrected chi connectivity index (χ4v) is 3.15. The van der Waals surface area contributed by atoms with E-state index in [-0.39, 0.29) is 17.2 Å². The van der Waals surface area contributed by atoms with Gasteiger partial charge in [0.05, 0.1) is 11.3 Å². The Morgan fingerprint density at radius 1 is 1.19 bits per heavy atom. The largest absolute Gasteiger partial charge is 0.478 e. The minimum absolute atomic E-state index is 0.0584. The van der Waals surface area contributed by atoms with Gasteiger partial charge in [-0.2, -0.15) is 0 Å². The lowest BCUT2D eigenvalue weighted by Crippen LogP contribution is -2.33. The molecule has 1 heterocycles. The van der Waals surface area contributed by atoms with E-state index in [1.807, 2.05) is 4.90 Å². The molecule has 114 valence electrons. The number of hydrogen-bond acceptors (Lipinski definition) is 3. The molecule has 1 aliphatic rings. The second kappa shape index (κ2) is 7.45. The molecule has 1 fully saturated rings. The molecule has 0 spiro atoms. The van der Waals surface area contributed by atoms with E-state index >= 15 is 0 Å². The number of nitrogens with zero attached hydrogens (tertiary/aromatic N) is 1. The summed E-state index contributed by atoms with van der Waals surface area (Å²) in [6.07, 6.45) is 4.40. The first-order valence-electron chi connectivity index (χ1n) is 7.01. The van der Waals surface area contributed by atoms with Crippen LogP contribution in [-0.2, 0) is 4.79 Å². The molecule has 0 saturated carbocycles. The Bertz CT molecular complexity index is 528. The number of carboxylic acids is 1. The van der Waals surface area contributed by atoms with Crippen LogP contribution in [0.3, 0.4) is 0 Å². The third-order valence-corrected chi connectivity index (χ3v) is 4.47. The summed E-state index contributed by atoms with van der Waals surface area (Å²) in [6.45, 7) is 1.59. The molecule has 4 nitrogen and oxygen atoms in total. The van der Waals surface area contributed by atoms with Crippen LogP contribution in [0.5, 0.6) is 0 Å². The van der Waals surface area contributed by atoms with Crippen molar-refractivity contribution in [2.75, 3.05) is 18.8 Å². The number of likely N-dealkylation sites (tertiary alicyclic amines) is 1. The number of hydrogen-bond donors (Lipinski definition) is 1. The van der Waals surface area contributed by atoms with E-state index in [1.54, 1.807) is 0 Å². The minimum Gasteiger partial charge on any atom is -0.478 e. The molecule has 1 aromatic rings. The molecule has 0 bridgehead atoms. The smallest absolute Gasteiger partial charge is 0.338 e. The van der Waals surface area contributed by atoms with E-state index in [4.69, 9.17) is 5.11 Å². The van der Waals surface area contributed by atoms with E-state index in [1.165, 1.54) is 23.9 Å². The zero-order valence-corrected chi connectivity index (χ0v) is 12.5. The lowest BCUT2D eigenvalue weighted by atomic mass is 10.2. The number of thioether (sulfide) groups is 1. The molecule has 0 aliphatic carbocycles. The van der Waals surface area contributed by atoms with Crippen molar-refractivity contribution in [1.29, 1.82) is 0 Å². The average Bonchev–Trinajstić information content (AvgIpc) is 2.75. The number of aromatic carboxylic acids is 1. The Morgan fingerprint density at radius 2 is 1.86 bits per heavy atom. The van der Waals surface area contributed by atoms with Gasteiger partial charge in [-0.1, -0.05) is 12.8 Å². The normalized spacial score (nSPS) is 15.6. The van der Waals surface area contributed by atoms with Gasteiger partial charge in [-0.15, -0.1) is 11.8 Å². The molecule has 1 N–H and O–H groups in total. The molecule has 0 atom stereocenters. The van der Waals surface area contributed by atoms with Gasteiger partial charge in [0.25, 0.3) is 0 Å². The Hall–Kier alpha value is -1.56. The van der Waals surface area contributed by atoms with Crippen LogP contribution in [0, 0.1) is 5.82 Å². The number of carboxylic acid groups (broad SMARTS) is 1. The predicted molar refractivity (Wildman–Crippen MR) is 79.1 cm³/mol. The van der Waals surface area contributed by atoms with Gasteiger partial charge in [-0.25, -0.2) is 9.18 Å². The van der Waals surface area contributed by atoms with Gasteiger partial charge in [0.15, 0.2) is 0 Å². The zero-order chi connectivity index (χ0) is 15.2. The van der Waals surface area contributed by atoms with Crippen LogP contribution in [0.4, 0.5) is 4.39 Å². The predicted octanol–water partition coefficient (Wildman–Crippen LogP) is 3.02. The zero-order valence-electron chi connectivity index (χ0n) is 11.7. The van der Waals surface area contributed by atoms with Gasteiger partial charge < -0.3 is 10.0 Å². The summed E-state index contributed by atoms with van der Waals surface area (Å²) in [5.41, 5.74) is -0.359. The number of rotatable bonds is 4. The first-order chi connectivity index (χ1) is 10.1. The van der Waals surface area contributed by atoms with Crippen LogP contribution in [0.15, 0.2) is 23.1 Å². The molecular formula is C15H18FNO3S. The van der Waals surface area contributed by atoms with Gasteiger partial charge in [-0.05, 0) is 31.0 Å². The third-order valence-electron chi connectivity index (χ3n) is 3.49. The van der Waals surface area contributed by atoms with Gasteiger partial charge in [0.1, 0.15) is 5.82 Å². The maximum atomic E-state index is 13.3. The topological polar surface area (TPSA) is 57.6 Å². The van der Waals surface area contributed by atoms with Gasteiger partial charge in [0.2, 0.25) is 5.91 Å². The Labute approximate surface area is 127 Å². The van der Waals surface area contributed by atoms with E-state index in [0.29, 0.717) is 4.90 Å². The first-order valence-corrected chi connectivity index (χ1v) is 8.00. The Morgan fingerprint density at radius 3 is 2.48 bits per heavy atom. The van der Waals surface area contributed by atoms with E-state index in [9.17, 15) is 14.0 Å². The van der Waals surface area contributed by atoms with Crippen LogP contribution >= 0.6 is 11.8 Å². The molecule has 1 aromatic carbocycles. The first kappa shape index (κ1) is 15.8. The van der Waals surface area contributed by atoms with Crippen molar-refractivity contribution >= 4 is 23.6 Å². The van der Waals surface area contributed by atoms with Gasteiger partial charge >= 0.3 is 5.97 Å². The number of carbonyl (C=O) groups is 2. The lowest BCUT2D eigenvalue weighted by molar-refractivity contribution is -0.128. The highest BCUT2D eigenvalue weighted by Crippen LogP contribution is 2.22. The maximum Gasteiger partial charge on any atom is 0.338 e. The third kappa shape index (κ3) is 4.46. The standard InChI is InChI=1S/C15H18FNO3S/c16-13-6-5-11(9-12(13)15(19)20)21-10-14(18)17-7-3-1-2-4-8-17/h5-6,9H,1-4,7-8,10H2,(H,19,20). The van der Waals surface area contributed by atoms with Crippen LogP contribution in [0.25, 0.3) is 0 Å². The number of amides is 1. The average molecular weight is 311 g/mol. The molecule has 0 aromatic heterocycles. The summed E-state index contributed by atoms with van der Waals surface area (Å²) in [7, 11) is 0. The molecular weight excluding hydrogens is 293 g/mol. The summed E-state index contributed by atoms with van der Waals surface area (Å²) in [6, 6.07) is 3.91. The second-order valence-electron chi connectivity index (χ2n) is 5.03. The highest BCUT2D eigenvalue weighted by molar-refractivity contribution is 8.00. The van der Waals surface area contributed by atoms with Crippen molar-refractivity contribution in [3.05, 3.63) is 29.6 Å². The summed E-state index contributed by atoms with van der Waals surface area (Å²) >= 11 is 1.25. The number of benzene rings is 1. The fraction of sp³-hybridized carbons (Fsp3) is 0.467. The van der Waals surface area contributed by atoms with E-state index < -0.39 is 11.8 Å². The Balaban J connectivity index is 1.94. The van der Waals surface area contributed by atoms with Crippen LogP contribution in [-0.4, -0.2) is 40.7 Å². The fourth-order valence-electron chi connectivity index (χ4n) is 2.31. The molecule has 0 radical (unpaired) electrons. The monoisotopic (exact) mass is 311 g/mol. The quantitative estimate of drug-likeness (QED) is 0.868. The van der Waals surface area contributed by atoms with Crippen LogP contribution < -0.4 is 0 Å². The summed E-state index contributed by atoms with van der Waals surface area (Å²) < 4.78 is 13.3. The van der Waals surface area contributed by atoms with Crippen molar-refractivity contribution < 1.29 is 19.1 Å². The molecule has 1 saturated heterocycles. The Kier molecular flexibility index (Phi) is 5.61. The van der Waals surface area contributed by atoms with E-state index in [2.05, 4.69) is 0 Å². The van der Waals surface area contributed by atoms with Crippen molar-refractivity contribution in [3.8, 4) is 0 Å². The van der Waals surface area contributed by atoms with Gasteiger partial charge in [-0.3, -0.25) is 4.79 Å². The van der Waals surface area contributed by atoms with Crippen molar-refractivity contribution in [1.82, 2.24) is 4.90 Å².